The Morgan fingerprint density at radius 1 is 1.29 bits per heavy atom. The molecule has 2 aliphatic heterocycles. The van der Waals surface area contributed by atoms with Crippen LogP contribution in [0.25, 0.3) is 10.2 Å². The van der Waals surface area contributed by atoms with E-state index >= 15 is 0 Å². The molecule has 160 valence electrons. The molecule has 1 unspecified atom stereocenters. The van der Waals surface area contributed by atoms with Gasteiger partial charge in [0, 0.05) is 12.6 Å². The van der Waals surface area contributed by atoms with Crippen LogP contribution in [0.15, 0.2) is 30.7 Å². The van der Waals surface area contributed by atoms with Gasteiger partial charge in [0.25, 0.3) is 5.91 Å². The number of halogens is 1. The first kappa shape index (κ1) is 19.9. The minimum Gasteiger partial charge on any atom is -0.479 e. The Labute approximate surface area is 181 Å². The lowest BCUT2D eigenvalue weighted by Gasteiger charge is -2.15. The van der Waals surface area contributed by atoms with E-state index in [1.165, 1.54) is 36.3 Å². The summed E-state index contributed by atoms with van der Waals surface area (Å²) >= 11 is 2.36. The van der Waals surface area contributed by atoms with Gasteiger partial charge >= 0.3 is 5.97 Å². The van der Waals surface area contributed by atoms with Gasteiger partial charge in [-0.15, -0.1) is 11.8 Å². The van der Waals surface area contributed by atoms with Crippen LogP contribution in [-0.2, 0) is 25.5 Å². The van der Waals surface area contributed by atoms with Crippen molar-refractivity contribution >= 4 is 56.2 Å². The normalized spacial score (nSPS) is 26.4. The number of nitrogens with zero attached hydrogens (tertiary/aromatic N) is 2. The summed E-state index contributed by atoms with van der Waals surface area (Å²) < 4.78 is 18.9. The monoisotopic (exact) mass is 463 g/mol. The average Bonchev–Trinajstić information content (AvgIpc) is 3.54. The van der Waals surface area contributed by atoms with Gasteiger partial charge in [-0.3, -0.25) is 9.59 Å². The van der Waals surface area contributed by atoms with Crippen LogP contribution in [0.5, 0.6) is 0 Å². The number of H-pyrrole nitrogens is 1. The molecule has 1 aromatic carbocycles. The summed E-state index contributed by atoms with van der Waals surface area (Å²) in [5.74, 6) is -2.59. The van der Waals surface area contributed by atoms with Crippen molar-refractivity contribution in [2.24, 2.45) is 0 Å². The van der Waals surface area contributed by atoms with Crippen LogP contribution in [-0.4, -0.2) is 60.2 Å². The van der Waals surface area contributed by atoms with E-state index in [1.807, 2.05) is 0 Å². The molecule has 2 saturated heterocycles. The number of carbonyl (C=O) groups is 3. The number of hydrogen-bond acceptors (Lipinski definition) is 8. The lowest BCUT2D eigenvalue weighted by molar-refractivity contribution is -0.138. The maximum absolute atomic E-state index is 13.4. The molecule has 10 nitrogen and oxygen atoms in total. The van der Waals surface area contributed by atoms with Crippen LogP contribution < -0.4 is 10.6 Å². The van der Waals surface area contributed by atoms with Crippen LogP contribution in [0.2, 0.25) is 0 Å². The number of anilines is 1. The molecule has 2 amide bonds. The molecular formula is C18H14FN5O5S2. The molecule has 5 rings (SSSR count). The summed E-state index contributed by atoms with van der Waals surface area (Å²) in [7, 11) is 0. The van der Waals surface area contributed by atoms with E-state index in [0.717, 1.165) is 11.3 Å². The molecule has 13 heteroatoms. The summed E-state index contributed by atoms with van der Waals surface area (Å²) in [6.07, 6.45) is 1.12. The molecule has 0 bridgehead atoms. The fourth-order valence-electron chi connectivity index (χ4n) is 3.27. The van der Waals surface area contributed by atoms with Gasteiger partial charge in [-0.1, -0.05) is 11.3 Å². The fraction of sp³-hybridized carbons (Fsp3) is 0.278. The van der Waals surface area contributed by atoms with Gasteiger partial charge in [0.1, 0.15) is 15.9 Å². The van der Waals surface area contributed by atoms with E-state index in [1.54, 1.807) is 6.20 Å². The molecule has 0 radical (unpaired) electrons. The Morgan fingerprint density at radius 3 is 2.84 bits per heavy atom. The Balaban J connectivity index is 1.31. The van der Waals surface area contributed by atoms with Gasteiger partial charge in [-0.05, 0) is 18.2 Å². The molecule has 2 aliphatic rings. The van der Waals surface area contributed by atoms with Gasteiger partial charge in [-0.2, -0.15) is 0 Å². The van der Waals surface area contributed by atoms with Crippen LogP contribution in [0.4, 0.5) is 9.52 Å². The first-order valence-electron chi connectivity index (χ1n) is 9.07. The second-order valence-electron chi connectivity index (χ2n) is 7.05. The molecule has 2 fully saturated rings. The molecule has 4 N–H and O–H groups in total. The molecule has 3 aromatic rings. The quantitative estimate of drug-likeness (QED) is 0.381. The fourth-order valence-corrected chi connectivity index (χ4v) is 5.33. The summed E-state index contributed by atoms with van der Waals surface area (Å²) in [6.45, 7) is 0. The molecule has 31 heavy (non-hydrogen) atoms. The highest BCUT2D eigenvalue weighted by Crippen LogP contribution is 2.54. The van der Waals surface area contributed by atoms with E-state index in [0.29, 0.717) is 21.0 Å². The highest BCUT2D eigenvalue weighted by atomic mass is 32.2. The zero-order valence-corrected chi connectivity index (χ0v) is 17.1. The number of thiazole rings is 1. The molecule has 0 spiro atoms. The van der Waals surface area contributed by atoms with Crippen LogP contribution in [0, 0.1) is 5.82 Å². The second kappa shape index (κ2) is 7.28. The molecule has 4 heterocycles. The van der Waals surface area contributed by atoms with Gasteiger partial charge in [0.15, 0.2) is 17.3 Å². The van der Waals surface area contributed by atoms with Crippen molar-refractivity contribution in [3.05, 3.63) is 42.2 Å². The molecule has 0 aliphatic carbocycles. The van der Waals surface area contributed by atoms with E-state index in [9.17, 15) is 18.8 Å². The van der Waals surface area contributed by atoms with Crippen LogP contribution in [0.1, 0.15) is 5.69 Å². The van der Waals surface area contributed by atoms with Crippen LogP contribution >= 0.6 is 23.1 Å². The standard InChI is InChI=1S/C18H14FN5O5S2/c19-7-1-2-9-10(3-7)30-17(22-9)23-15(26)13-18(31-13,4-8-5-20-6-21-8)24-14(25)11-12(29-11)16(27)28/h1-3,5-6,11-13H,4H2,(H,20,21)(H,24,25)(H,27,28)(H,22,23,26)/t11-,12-,13?,18-/m0/s1. The number of thioether (sulfide) groups is 1. The number of imidazole rings is 1. The number of fused-ring (bicyclic) bond motifs is 1. The third-order valence-corrected chi connectivity index (χ3v) is 7.27. The van der Waals surface area contributed by atoms with Crippen molar-refractivity contribution in [3.63, 3.8) is 0 Å². The maximum atomic E-state index is 13.4. The largest absolute Gasteiger partial charge is 0.479 e. The summed E-state index contributed by atoms with van der Waals surface area (Å²) in [5.41, 5.74) is 1.19. The first-order chi connectivity index (χ1) is 14.8. The number of rotatable bonds is 7. The molecule has 0 saturated carbocycles. The highest BCUT2D eigenvalue weighted by Gasteiger charge is 2.63. The Bertz CT molecular complexity index is 1200. The SMILES string of the molecule is O=C(Nc1nc2ccc(F)cc2s1)C1S[C@]1(Cc1c[nH]cn1)NC(=O)[C@H]1O[C@@H]1C(=O)O. The van der Waals surface area contributed by atoms with E-state index < -0.39 is 40.0 Å². The Morgan fingerprint density at radius 2 is 2.13 bits per heavy atom. The summed E-state index contributed by atoms with van der Waals surface area (Å²) in [5, 5.41) is 14.1. The minimum atomic E-state index is -1.22. The zero-order valence-electron chi connectivity index (χ0n) is 15.5. The molecular weight excluding hydrogens is 449 g/mol. The van der Waals surface area contributed by atoms with Crippen molar-refractivity contribution in [1.29, 1.82) is 0 Å². The van der Waals surface area contributed by atoms with Gasteiger partial charge in [0.05, 0.1) is 22.2 Å². The predicted octanol–water partition coefficient (Wildman–Crippen LogP) is 1.12. The Kier molecular flexibility index (Phi) is 4.68. The third-order valence-electron chi connectivity index (χ3n) is 4.84. The number of epoxide rings is 1. The van der Waals surface area contributed by atoms with Crippen molar-refractivity contribution in [3.8, 4) is 0 Å². The number of hydrogen-bond donors (Lipinski definition) is 4. The minimum absolute atomic E-state index is 0.251. The van der Waals surface area contributed by atoms with Crippen molar-refractivity contribution in [1.82, 2.24) is 20.3 Å². The lowest BCUT2D eigenvalue weighted by Crippen LogP contribution is -2.46. The smallest absolute Gasteiger partial charge is 0.336 e. The van der Waals surface area contributed by atoms with Crippen molar-refractivity contribution < 1.29 is 28.6 Å². The van der Waals surface area contributed by atoms with E-state index in [4.69, 9.17) is 9.84 Å². The predicted molar refractivity (Wildman–Crippen MR) is 109 cm³/mol. The highest BCUT2D eigenvalue weighted by molar-refractivity contribution is 8.09. The number of aromatic nitrogens is 3. The lowest BCUT2D eigenvalue weighted by atomic mass is 10.1. The van der Waals surface area contributed by atoms with Crippen LogP contribution in [0.3, 0.4) is 0 Å². The average molecular weight is 463 g/mol. The number of carboxylic acids is 1. The number of aromatic amines is 1. The van der Waals surface area contributed by atoms with Gasteiger partial charge in [0.2, 0.25) is 5.91 Å². The first-order valence-corrected chi connectivity index (χ1v) is 10.8. The molecule has 2 aromatic heterocycles. The number of benzene rings is 1. The van der Waals surface area contributed by atoms with Crippen molar-refractivity contribution in [2.45, 2.75) is 28.7 Å². The Hall–Kier alpha value is -3.03. The summed E-state index contributed by atoms with van der Waals surface area (Å²) in [4.78, 5) is 46.5. The number of ether oxygens (including phenoxy) is 1. The molecule has 4 atom stereocenters. The van der Waals surface area contributed by atoms with Crippen molar-refractivity contribution in [2.75, 3.05) is 5.32 Å². The van der Waals surface area contributed by atoms with E-state index in [-0.39, 0.29) is 12.3 Å². The van der Waals surface area contributed by atoms with Gasteiger partial charge in [-0.25, -0.2) is 19.2 Å². The van der Waals surface area contributed by atoms with E-state index in [2.05, 4.69) is 25.6 Å². The third kappa shape index (κ3) is 3.86. The number of carbonyl (C=O) groups excluding carboxylic acids is 2. The second-order valence-corrected chi connectivity index (χ2v) is 9.52. The number of aliphatic carboxylic acids is 1. The number of nitrogens with one attached hydrogen (secondary N) is 3. The number of carboxylic acid groups (broad SMARTS) is 1. The van der Waals surface area contributed by atoms with Gasteiger partial charge < -0.3 is 25.5 Å². The number of amides is 2. The maximum Gasteiger partial charge on any atom is 0.336 e. The zero-order chi connectivity index (χ0) is 21.8. The topological polar surface area (TPSA) is 150 Å². The summed E-state index contributed by atoms with van der Waals surface area (Å²) in [6, 6.07) is 4.16.